The smallest absolute Gasteiger partial charge is 0.110 e. The van der Waals surface area contributed by atoms with Crippen LogP contribution in [0.1, 0.15) is 24.4 Å². The first-order chi connectivity index (χ1) is 7.81. The highest BCUT2D eigenvalue weighted by molar-refractivity contribution is 7.07. The molecule has 0 spiro atoms. The molecule has 1 atom stereocenters. The van der Waals surface area contributed by atoms with Gasteiger partial charge in [0.15, 0.2) is 0 Å². The van der Waals surface area contributed by atoms with Crippen molar-refractivity contribution in [2.24, 2.45) is 7.05 Å². The van der Waals surface area contributed by atoms with E-state index in [1.807, 2.05) is 19.4 Å². The molecule has 1 unspecified atom stereocenters. The molecule has 0 aliphatic heterocycles. The predicted molar refractivity (Wildman–Crippen MR) is 67.6 cm³/mol. The van der Waals surface area contributed by atoms with E-state index in [0.717, 1.165) is 18.8 Å². The van der Waals surface area contributed by atoms with Crippen LogP contribution in [-0.2, 0) is 13.5 Å². The van der Waals surface area contributed by atoms with E-state index in [-0.39, 0.29) is 0 Å². The molecule has 0 aromatic carbocycles. The predicted octanol–water partition coefficient (Wildman–Crippen LogP) is 2.37. The Bertz CT molecular complexity index is 419. The van der Waals surface area contributed by atoms with E-state index in [1.165, 1.54) is 5.56 Å². The van der Waals surface area contributed by atoms with E-state index in [0.29, 0.717) is 6.04 Å². The lowest BCUT2D eigenvalue weighted by atomic mass is 10.1. The van der Waals surface area contributed by atoms with Gasteiger partial charge in [-0.25, -0.2) is 4.98 Å². The molecule has 2 rings (SSSR count). The van der Waals surface area contributed by atoms with Crippen molar-refractivity contribution in [1.82, 2.24) is 14.9 Å². The van der Waals surface area contributed by atoms with Crippen LogP contribution < -0.4 is 5.32 Å². The summed E-state index contributed by atoms with van der Waals surface area (Å²) in [6.45, 7) is 3.11. The summed E-state index contributed by atoms with van der Waals surface area (Å²) < 4.78 is 2.08. The number of rotatable bonds is 5. The molecule has 0 amide bonds. The van der Waals surface area contributed by atoms with Gasteiger partial charge in [0, 0.05) is 31.9 Å². The largest absolute Gasteiger partial charge is 0.338 e. The molecule has 0 fully saturated rings. The zero-order valence-electron chi connectivity index (χ0n) is 9.68. The van der Waals surface area contributed by atoms with Crippen LogP contribution in [-0.4, -0.2) is 16.1 Å². The molecule has 2 aromatic rings. The number of hydrogen-bond donors (Lipinski definition) is 1. The Hall–Kier alpha value is -1.13. The second-order valence-electron chi connectivity index (χ2n) is 3.83. The van der Waals surface area contributed by atoms with E-state index >= 15 is 0 Å². The number of nitrogens with zero attached hydrogens (tertiary/aromatic N) is 2. The summed E-state index contributed by atoms with van der Waals surface area (Å²) in [7, 11) is 2.04. The molecule has 86 valence electrons. The molecule has 0 radical (unpaired) electrons. The maximum atomic E-state index is 4.37. The van der Waals surface area contributed by atoms with Gasteiger partial charge in [0.25, 0.3) is 0 Å². The second-order valence-corrected chi connectivity index (χ2v) is 4.61. The number of aryl methyl sites for hydroxylation is 1. The quantitative estimate of drug-likeness (QED) is 0.862. The van der Waals surface area contributed by atoms with Crippen LogP contribution in [0, 0.1) is 0 Å². The third kappa shape index (κ3) is 2.51. The molecule has 0 aliphatic carbocycles. The summed E-state index contributed by atoms with van der Waals surface area (Å²) in [5.41, 5.74) is 1.36. The lowest BCUT2D eigenvalue weighted by Crippen LogP contribution is -2.23. The summed E-state index contributed by atoms with van der Waals surface area (Å²) in [6, 6.07) is 2.55. The fraction of sp³-hybridized carbons (Fsp3) is 0.417. The molecule has 0 saturated heterocycles. The molecule has 4 heteroatoms. The van der Waals surface area contributed by atoms with Gasteiger partial charge in [-0.2, -0.15) is 11.3 Å². The molecule has 0 saturated carbocycles. The van der Waals surface area contributed by atoms with Gasteiger partial charge in [0.2, 0.25) is 0 Å². The number of imidazole rings is 1. The van der Waals surface area contributed by atoms with Crippen LogP contribution in [0.2, 0.25) is 0 Å². The zero-order valence-corrected chi connectivity index (χ0v) is 10.5. The summed E-state index contributed by atoms with van der Waals surface area (Å²) >= 11 is 1.74. The first kappa shape index (κ1) is 11.4. The Morgan fingerprint density at radius 2 is 2.44 bits per heavy atom. The lowest BCUT2D eigenvalue weighted by Gasteiger charge is -2.16. The van der Waals surface area contributed by atoms with Gasteiger partial charge in [-0.3, -0.25) is 0 Å². The Morgan fingerprint density at radius 3 is 3.00 bits per heavy atom. The zero-order chi connectivity index (χ0) is 11.4. The highest BCUT2D eigenvalue weighted by Gasteiger charge is 2.13. The van der Waals surface area contributed by atoms with Crippen LogP contribution in [0.3, 0.4) is 0 Å². The third-order valence-electron chi connectivity index (χ3n) is 2.70. The Balaban J connectivity index is 2.12. The van der Waals surface area contributed by atoms with E-state index in [1.54, 1.807) is 11.3 Å². The molecule has 2 aromatic heterocycles. The Kier molecular flexibility index (Phi) is 3.74. The van der Waals surface area contributed by atoms with Crippen molar-refractivity contribution in [3.8, 4) is 0 Å². The number of likely N-dealkylation sites (N-methyl/N-ethyl adjacent to an activating group) is 1. The van der Waals surface area contributed by atoms with Gasteiger partial charge in [-0.15, -0.1) is 0 Å². The molecule has 0 bridgehead atoms. The Labute approximate surface area is 100 Å². The molecular weight excluding hydrogens is 218 g/mol. The number of aromatic nitrogens is 2. The molecule has 3 nitrogen and oxygen atoms in total. The van der Waals surface area contributed by atoms with Gasteiger partial charge in [-0.1, -0.05) is 6.92 Å². The number of nitrogens with one attached hydrogen (secondary N) is 1. The molecule has 16 heavy (non-hydrogen) atoms. The molecule has 2 heterocycles. The van der Waals surface area contributed by atoms with Crippen LogP contribution in [0.5, 0.6) is 0 Å². The highest BCUT2D eigenvalue weighted by atomic mass is 32.1. The standard InChI is InChI=1S/C12H17N3S/c1-3-13-11(10-4-7-16-9-10)8-12-14-5-6-15(12)2/h4-7,9,11,13H,3,8H2,1-2H3. The van der Waals surface area contributed by atoms with Crippen LogP contribution >= 0.6 is 11.3 Å². The topological polar surface area (TPSA) is 29.9 Å². The SMILES string of the molecule is CCNC(Cc1nccn1C)c1ccsc1. The van der Waals surface area contributed by atoms with Gasteiger partial charge >= 0.3 is 0 Å². The maximum absolute atomic E-state index is 4.37. The van der Waals surface area contributed by atoms with Gasteiger partial charge < -0.3 is 9.88 Å². The minimum atomic E-state index is 0.373. The fourth-order valence-electron chi connectivity index (χ4n) is 1.80. The van der Waals surface area contributed by atoms with E-state index in [4.69, 9.17) is 0 Å². The minimum Gasteiger partial charge on any atom is -0.338 e. The Morgan fingerprint density at radius 1 is 1.56 bits per heavy atom. The fourth-order valence-corrected chi connectivity index (χ4v) is 2.52. The van der Waals surface area contributed by atoms with Gasteiger partial charge in [0.1, 0.15) is 5.82 Å². The van der Waals surface area contributed by atoms with Crippen molar-refractivity contribution in [3.05, 3.63) is 40.6 Å². The lowest BCUT2D eigenvalue weighted by molar-refractivity contribution is 0.530. The van der Waals surface area contributed by atoms with E-state index in [9.17, 15) is 0 Å². The highest BCUT2D eigenvalue weighted by Crippen LogP contribution is 2.19. The van der Waals surface area contributed by atoms with E-state index < -0.39 is 0 Å². The first-order valence-electron chi connectivity index (χ1n) is 5.53. The summed E-state index contributed by atoms with van der Waals surface area (Å²) in [5.74, 6) is 1.12. The van der Waals surface area contributed by atoms with Crippen LogP contribution in [0.15, 0.2) is 29.2 Å². The minimum absolute atomic E-state index is 0.373. The average molecular weight is 235 g/mol. The van der Waals surface area contributed by atoms with Gasteiger partial charge in [-0.05, 0) is 28.9 Å². The number of thiophene rings is 1. The molecular formula is C12H17N3S. The molecule has 0 aliphatic rings. The first-order valence-corrected chi connectivity index (χ1v) is 6.47. The van der Waals surface area contributed by atoms with Crippen molar-refractivity contribution in [1.29, 1.82) is 0 Å². The number of hydrogen-bond acceptors (Lipinski definition) is 3. The van der Waals surface area contributed by atoms with E-state index in [2.05, 4.69) is 38.6 Å². The van der Waals surface area contributed by atoms with Crippen molar-refractivity contribution >= 4 is 11.3 Å². The van der Waals surface area contributed by atoms with Crippen LogP contribution in [0.25, 0.3) is 0 Å². The van der Waals surface area contributed by atoms with Crippen molar-refractivity contribution in [2.75, 3.05) is 6.54 Å². The monoisotopic (exact) mass is 235 g/mol. The van der Waals surface area contributed by atoms with Crippen molar-refractivity contribution in [3.63, 3.8) is 0 Å². The maximum Gasteiger partial charge on any atom is 0.110 e. The van der Waals surface area contributed by atoms with Crippen molar-refractivity contribution < 1.29 is 0 Å². The molecule has 1 N–H and O–H groups in total. The normalized spacial score (nSPS) is 12.9. The summed E-state index contributed by atoms with van der Waals surface area (Å²) in [6.07, 6.45) is 4.78. The third-order valence-corrected chi connectivity index (χ3v) is 3.41. The second kappa shape index (κ2) is 5.27. The van der Waals surface area contributed by atoms with Crippen molar-refractivity contribution in [2.45, 2.75) is 19.4 Å². The van der Waals surface area contributed by atoms with Crippen LogP contribution in [0.4, 0.5) is 0 Å². The average Bonchev–Trinajstić information content (AvgIpc) is 2.90. The summed E-state index contributed by atoms with van der Waals surface area (Å²) in [4.78, 5) is 4.37. The summed E-state index contributed by atoms with van der Waals surface area (Å²) in [5, 5.41) is 7.83. The van der Waals surface area contributed by atoms with Gasteiger partial charge in [0.05, 0.1) is 0 Å².